The first-order valence-corrected chi connectivity index (χ1v) is 6.33. The Hall–Kier alpha value is -2.33. The normalized spacial score (nSPS) is 10.2. The lowest BCUT2D eigenvalue weighted by atomic mass is 10.2. The third kappa shape index (κ3) is 4.40. The Bertz CT molecular complexity index is 551. The van der Waals surface area contributed by atoms with Gasteiger partial charge in [0.1, 0.15) is 12.4 Å². The zero-order valence-corrected chi connectivity index (χ0v) is 11.0. The minimum Gasteiger partial charge on any atom is -0.491 e. The standard InChI is InChI=1S/C16H16O4/c17-16(18)14-7-4-8-15(11-14)20-10-9-19-12-13-5-2-1-3-6-13/h1-8,11H,9-10,12H2,(H,17,18). The van der Waals surface area contributed by atoms with E-state index in [4.69, 9.17) is 14.6 Å². The van der Waals surface area contributed by atoms with Crippen LogP contribution in [0.15, 0.2) is 54.6 Å². The molecule has 20 heavy (non-hydrogen) atoms. The predicted octanol–water partition coefficient (Wildman–Crippen LogP) is 2.98. The maximum Gasteiger partial charge on any atom is 0.335 e. The highest BCUT2D eigenvalue weighted by atomic mass is 16.5. The molecule has 0 unspecified atom stereocenters. The van der Waals surface area contributed by atoms with E-state index in [1.807, 2.05) is 30.3 Å². The maximum atomic E-state index is 10.8. The van der Waals surface area contributed by atoms with Gasteiger partial charge >= 0.3 is 5.97 Å². The molecular weight excluding hydrogens is 256 g/mol. The van der Waals surface area contributed by atoms with Gasteiger partial charge in [0.05, 0.1) is 18.8 Å². The SMILES string of the molecule is O=C(O)c1cccc(OCCOCc2ccccc2)c1. The molecule has 0 heterocycles. The maximum absolute atomic E-state index is 10.8. The largest absolute Gasteiger partial charge is 0.491 e. The molecule has 0 aliphatic heterocycles. The van der Waals surface area contributed by atoms with Crippen LogP contribution in [0.4, 0.5) is 0 Å². The number of aromatic carboxylic acids is 1. The zero-order chi connectivity index (χ0) is 14.2. The Morgan fingerprint density at radius 2 is 1.80 bits per heavy atom. The summed E-state index contributed by atoms with van der Waals surface area (Å²) in [5.74, 6) is -0.427. The lowest BCUT2D eigenvalue weighted by molar-refractivity contribution is 0.0695. The monoisotopic (exact) mass is 272 g/mol. The van der Waals surface area contributed by atoms with Crippen LogP contribution in [-0.2, 0) is 11.3 Å². The summed E-state index contributed by atoms with van der Waals surface area (Å²) in [5.41, 5.74) is 1.33. The molecular formula is C16H16O4. The lowest BCUT2D eigenvalue weighted by Crippen LogP contribution is -2.07. The first-order valence-electron chi connectivity index (χ1n) is 6.33. The minimum atomic E-state index is -0.962. The van der Waals surface area contributed by atoms with E-state index < -0.39 is 5.97 Å². The molecule has 4 heteroatoms. The Morgan fingerprint density at radius 3 is 2.55 bits per heavy atom. The highest BCUT2D eigenvalue weighted by Crippen LogP contribution is 2.13. The number of carboxylic acids is 1. The summed E-state index contributed by atoms with van der Waals surface area (Å²) in [7, 11) is 0. The molecule has 0 aliphatic rings. The van der Waals surface area contributed by atoms with Crippen molar-refractivity contribution in [1.29, 1.82) is 0 Å². The van der Waals surface area contributed by atoms with Crippen LogP contribution in [0.1, 0.15) is 15.9 Å². The third-order valence-corrected chi connectivity index (χ3v) is 2.69. The molecule has 2 rings (SSSR count). The van der Waals surface area contributed by atoms with Gasteiger partial charge in [0.25, 0.3) is 0 Å². The minimum absolute atomic E-state index is 0.215. The van der Waals surface area contributed by atoms with Crippen molar-refractivity contribution in [1.82, 2.24) is 0 Å². The second-order valence-corrected chi connectivity index (χ2v) is 4.22. The molecule has 4 nitrogen and oxygen atoms in total. The van der Waals surface area contributed by atoms with E-state index in [1.165, 1.54) is 12.1 Å². The Balaban J connectivity index is 1.71. The van der Waals surface area contributed by atoms with E-state index >= 15 is 0 Å². The van der Waals surface area contributed by atoms with E-state index in [0.717, 1.165) is 5.56 Å². The fraction of sp³-hybridized carbons (Fsp3) is 0.188. The van der Waals surface area contributed by atoms with Gasteiger partial charge in [0.15, 0.2) is 0 Å². The average molecular weight is 272 g/mol. The van der Waals surface area contributed by atoms with E-state index in [9.17, 15) is 4.79 Å². The fourth-order valence-electron chi connectivity index (χ4n) is 1.70. The number of benzene rings is 2. The topological polar surface area (TPSA) is 55.8 Å². The molecule has 0 fully saturated rings. The van der Waals surface area contributed by atoms with Crippen LogP contribution in [0.2, 0.25) is 0 Å². The molecule has 104 valence electrons. The highest BCUT2D eigenvalue weighted by Gasteiger charge is 2.03. The van der Waals surface area contributed by atoms with Gasteiger partial charge in [-0.25, -0.2) is 4.79 Å². The summed E-state index contributed by atoms with van der Waals surface area (Å²) in [4.78, 5) is 10.8. The average Bonchev–Trinajstić information content (AvgIpc) is 2.48. The van der Waals surface area contributed by atoms with Crippen molar-refractivity contribution in [3.63, 3.8) is 0 Å². The number of carbonyl (C=O) groups is 1. The Kier molecular flexibility index (Phi) is 5.15. The van der Waals surface area contributed by atoms with Gasteiger partial charge in [-0.15, -0.1) is 0 Å². The molecule has 0 radical (unpaired) electrons. The van der Waals surface area contributed by atoms with Crippen molar-refractivity contribution in [2.75, 3.05) is 13.2 Å². The first kappa shape index (κ1) is 14.1. The third-order valence-electron chi connectivity index (χ3n) is 2.69. The van der Waals surface area contributed by atoms with Gasteiger partial charge < -0.3 is 14.6 Å². The number of ether oxygens (including phenoxy) is 2. The summed E-state index contributed by atoms with van der Waals surface area (Å²) in [5, 5.41) is 8.86. The quantitative estimate of drug-likeness (QED) is 0.787. The van der Waals surface area contributed by atoms with Gasteiger partial charge in [-0.3, -0.25) is 0 Å². The molecule has 0 spiro atoms. The smallest absolute Gasteiger partial charge is 0.335 e. The Labute approximate surface area is 117 Å². The molecule has 0 bridgehead atoms. The van der Waals surface area contributed by atoms with Crippen LogP contribution in [-0.4, -0.2) is 24.3 Å². The molecule has 0 saturated carbocycles. The summed E-state index contributed by atoms with van der Waals surface area (Å²) < 4.78 is 10.9. The molecule has 0 atom stereocenters. The molecule has 0 saturated heterocycles. The van der Waals surface area contributed by atoms with E-state index in [0.29, 0.717) is 25.6 Å². The van der Waals surface area contributed by atoms with Crippen molar-refractivity contribution in [3.05, 3.63) is 65.7 Å². The lowest BCUT2D eigenvalue weighted by Gasteiger charge is -2.07. The van der Waals surface area contributed by atoms with Crippen molar-refractivity contribution in [3.8, 4) is 5.75 Å². The molecule has 0 amide bonds. The van der Waals surface area contributed by atoms with Crippen molar-refractivity contribution in [2.24, 2.45) is 0 Å². The van der Waals surface area contributed by atoms with Crippen LogP contribution >= 0.6 is 0 Å². The number of hydrogen-bond donors (Lipinski definition) is 1. The molecule has 2 aromatic carbocycles. The number of carboxylic acid groups (broad SMARTS) is 1. The van der Waals surface area contributed by atoms with Crippen LogP contribution < -0.4 is 4.74 Å². The molecule has 0 aromatic heterocycles. The second-order valence-electron chi connectivity index (χ2n) is 4.22. The van der Waals surface area contributed by atoms with Gasteiger partial charge in [-0.1, -0.05) is 36.4 Å². The summed E-state index contributed by atoms with van der Waals surface area (Å²) >= 11 is 0. The van der Waals surface area contributed by atoms with Crippen molar-refractivity contribution >= 4 is 5.97 Å². The van der Waals surface area contributed by atoms with Crippen LogP contribution in [0.5, 0.6) is 5.75 Å². The first-order chi connectivity index (χ1) is 9.75. The molecule has 2 aromatic rings. The van der Waals surface area contributed by atoms with E-state index in [2.05, 4.69) is 0 Å². The molecule has 0 aliphatic carbocycles. The number of rotatable bonds is 7. The predicted molar refractivity (Wildman–Crippen MR) is 75.0 cm³/mol. The number of hydrogen-bond acceptors (Lipinski definition) is 3. The van der Waals surface area contributed by atoms with Crippen molar-refractivity contribution < 1.29 is 19.4 Å². The molecule has 1 N–H and O–H groups in total. The van der Waals surface area contributed by atoms with Crippen molar-refractivity contribution in [2.45, 2.75) is 6.61 Å². The fourth-order valence-corrected chi connectivity index (χ4v) is 1.70. The van der Waals surface area contributed by atoms with Crippen LogP contribution in [0.25, 0.3) is 0 Å². The van der Waals surface area contributed by atoms with Crippen LogP contribution in [0, 0.1) is 0 Å². The summed E-state index contributed by atoms with van der Waals surface area (Å²) in [6.07, 6.45) is 0. The van der Waals surface area contributed by atoms with Crippen LogP contribution in [0.3, 0.4) is 0 Å². The summed E-state index contributed by atoms with van der Waals surface area (Å²) in [6, 6.07) is 16.3. The van der Waals surface area contributed by atoms with Gasteiger partial charge in [-0.2, -0.15) is 0 Å². The van der Waals surface area contributed by atoms with Gasteiger partial charge in [0, 0.05) is 0 Å². The highest BCUT2D eigenvalue weighted by molar-refractivity contribution is 5.87. The summed E-state index contributed by atoms with van der Waals surface area (Å²) in [6.45, 7) is 1.38. The second kappa shape index (κ2) is 7.31. The van der Waals surface area contributed by atoms with E-state index in [-0.39, 0.29) is 5.56 Å². The van der Waals surface area contributed by atoms with Gasteiger partial charge in [0.2, 0.25) is 0 Å². The van der Waals surface area contributed by atoms with Gasteiger partial charge in [-0.05, 0) is 23.8 Å². The Morgan fingerprint density at radius 1 is 1.00 bits per heavy atom. The zero-order valence-electron chi connectivity index (χ0n) is 11.0. The van der Waals surface area contributed by atoms with E-state index in [1.54, 1.807) is 12.1 Å².